The largest absolute Gasteiger partial charge is 0.0875 e. The summed E-state index contributed by atoms with van der Waals surface area (Å²) in [5, 5.41) is 1.39. The average molecular weight is 198 g/mol. The lowest BCUT2D eigenvalue weighted by molar-refractivity contribution is 1.16. The highest BCUT2D eigenvalue weighted by molar-refractivity contribution is 6.40. The summed E-state index contributed by atoms with van der Waals surface area (Å²) in [5.41, 5.74) is 2.42. The van der Waals surface area contributed by atoms with Gasteiger partial charge >= 0.3 is 0 Å². The Morgan fingerprint density at radius 3 is 2.67 bits per heavy atom. The zero-order chi connectivity index (χ0) is 8.55. The summed E-state index contributed by atoms with van der Waals surface area (Å²) < 4.78 is 0. The van der Waals surface area contributed by atoms with Crippen molar-refractivity contribution in [2.75, 3.05) is 0 Å². The van der Waals surface area contributed by atoms with Gasteiger partial charge in [-0.3, -0.25) is 0 Å². The molecule has 1 radical (unpaired) electrons. The van der Waals surface area contributed by atoms with Crippen LogP contribution in [0.2, 0.25) is 0 Å². The molecule has 0 aromatic heterocycles. The minimum atomic E-state index is 0.662. The van der Waals surface area contributed by atoms with Crippen molar-refractivity contribution in [3.8, 4) is 0 Å². The molecular formula is C10H7Cl2. The van der Waals surface area contributed by atoms with Gasteiger partial charge in [0.05, 0.1) is 0 Å². The normalized spacial score (nSPS) is 16.2. The summed E-state index contributed by atoms with van der Waals surface area (Å²) in [4.78, 5) is 0. The Labute approximate surface area is 81.8 Å². The summed E-state index contributed by atoms with van der Waals surface area (Å²) in [6.07, 6.45) is 2.66. The van der Waals surface area contributed by atoms with Crippen LogP contribution in [-0.2, 0) is 6.42 Å². The van der Waals surface area contributed by atoms with Crippen LogP contribution >= 0.6 is 23.2 Å². The van der Waals surface area contributed by atoms with Gasteiger partial charge in [0.15, 0.2) is 0 Å². The Morgan fingerprint density at radius 1 is 1.08 bits per heavy atom. The van der Waals surface area contributed by atoms with E-state index in [9.17, 15) is 0 Å². The van der Waals surface area contributed by atoms with Crippen molar-refractivity contribution in [2.45, 2.75) is 6.42 Å². The maximum absolute atomic E-state index is 5.91. The van der Waals surface area contributed by atoms with Gasteiger partial charge in [0.25, 0.3) is 0 Å². The summed E-state index contributed by atoms with van der Waals surface area (Å²) in [7, 11) is 0. The number of hydrogen-bond acceptors (Lipinski definition) is 0. The maximum atomic E-state index is 5.91. The van der Waals surface area contributed by atoms with Crippen LogP contribution in [0.25, 0.3) is 0 Å². The van der Waals surface area contributed by atoms with Crippen molar-refractivity contribution in [1.29, 1.82) is 0 Å². The standard InChI is InChI=1S/C10H7Cl2/c11-9-5-7-3-1-2-4-8(7)6-10(9)12/h1-5H,6H2. The molecule has 0 nitrogen and oxygen atoms in total. The molecule has 0 aliphatic heterocycles. The monoisotopic (exact) mass is 197 g/mol. The van der Waals surface area contributed by atoms with Gasteiger partial charge in [0.1, 0.15) is 0 Å². The predicted octanol–water partition coefficient (Wildman–Crippen LogP) is 3.48. The number of fused-ring (bicyclic) bond motifs is 1. The molecule has 0 unspecified atom stereocenters. The highest BCUT2D eigenvalue weighted by Gasteiger charge is 2.14. The maximum Gasteiger partial charge on any atom is 0.0414 e. The van der Waals surface area contributed by atoms with Gasteiger partial charge in [0.2, 0.25) is 0 Å². The number of allylic oxidation sites excluding steroid dienone is 2. The number of rotatable bonds is 0. The zero-order valence-corrected chi connectivity index (χ0v) is 7.86. The molecule has 1 aliphatic rings. The lowest BCUT2D eigenvalue weighted by atomic mass is 9.97. The number of hydrogen-bond donors (Lipinski definition) is 0. The van der Waals surface area contributed by atoms with Gasteiger partial charge in [-0.2, -0.15) is 0 Å². The topological polar surface area (TPSA) is 0 Å². The molecule has 0 N–H and O–H groups in total. The van der Waals surface area contributed by atoms with E-state index in [0.29, 0.717) is 5.03 Å². The third kappa shape index (κ3) is 1.37. The number of benzene rings is 1. The summed E-state index contributed by atoms with van der Waals surface area (Å²) >= 11 is 11.8. The van der Waals surface area contributed by atoms with Crippen molar-refractivity contribution in [3.05, 3.63) is 51.9 Å². The average Bonchev–Trinajstić information content (AvgIpc) is 2.07. The first kappa shape index (κ1) is 8.15. The lowest BCUT2D eigenvalue weighted by Gasteiger charge is -2.14. The molecule has 1 aromatic carbocycles. The van der Waals surface area contributed by atoms with E-state index in [1.807, 2.05) is 24.6 Å². The molecule has 0 spiro atoms. The Hall–Kier alpha value is -0.460. The van der Waals surface area contributed by atoms with Gasteiger partial charge in [-0.05, 0) is 11.1 Å². The molecule has 1 aliphatic carbocycles. The smallest absolute Gasteiger partial charge is 0.0414 e. The lowest BCUT2D eigenvalue weighted by Crippen LogP contribution is -2.00. The Balaban J connectivity index is 2.43. The summed E-state index contributed by atoms with van der Waals surface area (Å²) in [6.45, 7) is 0. The molecule has 2 rings (SSSR count). The van der Waals surface area contributed by atoms with E-state index >= 15 is 0 Å². The third-order valence-corrected chi connectivity index (χ3v) is 2.71. The minimum Gasteiger partial charge on any atom is -0.0875 e. The zero-order valence-electron chi connectivity index (χ0n) is 6.35. The Bertz CT molecular complexity index is 306. The van der Waals surface area contributed by atoms with Gasteiger partial charge < -0.3 is 0 Å². The third-order valence-electron chi connectivity index (χ3n) is 1.94. The van der Waals surface area contributed by atoms with E-state index in [0.717, 1.165) is 11.5 Å². The molecule has 0 atom stereocenters. The van der Waals surface area contributed by atoms with Crippen LogP contribution in [0.3, 0.4) is 0 Å². The molecule has 0 saturated heterocycles. The second kappa shape index (κ2) is 3.12. The van der Waals surface area contributed by atoms with Crippen LogP contribution in [0.1, 0.15) is 11.1 Å². The van der Waals surface area contributed by atoms with Crippen molar-refractivity contribution >= 4 is 23.2 Å². The number of halogens is 2. The quantitative estimate of drug-likeness (QED) is 0.598. The fourth-order valence-electron chi connectivity index (χ4n) is 1.30. The highest BCUT2D eigenvalue weighted by Crippen LogP contribution is 2.31. The molecule has 1 aromatic rings. The summed E-state index contributed by atoms with van der Waals surface area (Å²) in [5.74, 6) is 0. The molecule has 0 bridgehead atoms. The Morgan fingerprint density at radius 2 is 1.83 bits per heavy atom. The molecule has 12 heavy (non-hydrogen) atoms. The molecular weight excluding hydrogens is 191 g/mol. The first-order chi connectivity index (χ1) is 5.77. The van der Waals surface area contributed by atoms with Crippen LogP contribution < -0.4 is 0 Å². The van der Waals surface area contributed by atoms with E-state index in [-0.39, 0.29) is 0 Å². The van der Waals surface area contributed by atoms with Crippen molar-refractivity contribution in [3.63, 3.8) is 0 Å². The SMILES string of the molecule is ClC1=C(Cl)Cc2ccccc2[CH]1. The van der Waals surface area contributed by atoms with Gasteiger partial charge in [-0.25, -0.2) is 0 Å². The van der Waals surface area contributed by atoms with Crippen molar-refractivity contribution in [2.24, 2.45) is 0 Å². The van der Waals surface area contributed by atoms with Crippen LogP contribution in [-0.4, -0.2) is 0 Å². The van der Waals surface area contributed by atoms with Crippen LogP contribution in [0.5, 0.6) is 0 Å². The van der Waals surface area contributed by atoms with E-state index in [1.165, 1.54) is 11.1 Å². The van der Waals surface area contributed by atoms with Crippen LogP contribution in [0.4, 0.5) is 0 Å². The van der Waals surface area contributed by atoms with Gasteiger partial charge in [0, 0.05) is 22.9 Å². The van der Waals surface area contributed by atoms with Gasteiger partial charge in [-0.15, -0.1) is 0 Å². The second-order valence-electron chi connectivity index (χ2n) is 2.77. The molecule has 61 valence electrons. The predicted molar refractivity (Wildman–Crippen MR) is 52.3 cm³/mol. The minimum absolute atomic E-state index is 0.662. The van der Waals surface area contributed by atoms with E-state index in [4.69, 9.17) is 23.2 Å². The van der Waals surface area contributed by atoms with Crippen LogP contribution in [0.15, 0.2) is 34.3 Å². The first-order valence-corrected chi connectivity index (χ1v) is 4.50. The van der Waals surface area contributed by atoms with E-state index < -0.39 is 0 Å². The van der Waals surface area contributed by atoms with Crippen LogP contribution in [0, 0.1) is 6.42 Å². The Kier molecular flexibility index (Phi) is 2.12. The first-order valence-electron chi connectivity index (χ1n) is 3.74. The van der Waals surface area contributed by atoms with Crippen molar-refractivity contribution in [1.82, 2.24) is 0 Å². The van der Waals surface area contributed by atoms with Gasteiger partial charge in [-0.1, -0.05) is 47.5 Å². The molecule has 0 amide bonds. The summed E-state index contributed by atoms with van der Waals surface area (Å²) in [6, 6.07) is 8.12. The molecule has 0 fully saturated rings. The second-order valence-corrected chi connectivity index (χ2v) is 3.64. The fourth-order valence-corrected chi connectivity index (χ4v) is 1.69. The van der Waals surface area contributed by atoms with Crippen molar-refractivity contribution < 1.29 is 0 Å². The molecule has 2 heteroatoms. The fraction of sp³-hybridized carbons (Fsp3) is 0.100. The highest BCUT2D eigenvalue weighted by atomic mass is 35.5. The molecule has 0 saturated carbocycles. The van der Waals surface area contributed by atoms with E-state index in [1.54, 1.807) is 0 Å². The van der Waals surface area contributed by atoms with E-state index in [2.05, 4.69) is 6.07 Å². The molecule has 0 heterocycles.